The molecule has 1 heterocycles. The molecule has 0 fully saturated rings. The Balaban J connectivity index is 1.46. The van der Waals surface area contributed by atoms with Gasteiger partial charge >= 0.3 is 0 Å². The topological polar surface area (TPSA) is 54.9 Å². The van der Waals surface area contributed by atoms with E-state index in [0.717, 1.165) is 34.6 Å². The van der Waals surface area contributed by atoms with Crippen molar-refractivity contribution in [2.45, 2.75) is 17.7 Å². The van der Waals surface area contributed by atoms with Gasteiger partial charge < -0.3 is 0 Å². The normalized spacial score (nSPS) is 12.2. The van der Waals surface area contributed by atoms with E-state index in [1.165, 1.54) is 17.3 Å². The van der Waals surface area contributed by atoms with Crippen molar-refractivity contribution >= 4 is 35.2 Å². The molecule has 1 amide bonds. The summed E-state index contributed by atoms with van der Waals surface area (Å²) in [5.41, 5.74) is 4.45. The first-order valence-corrected chi connectivity index (χ1v) is 9.68. The number of carbonyl (C=O) groups excluding carboxylic acids is 1. The molecule has 3 aromatic rings. The lowest BCUT2D eigenvalue weighted by Crippen LogP contribution is -2.17. The summed E-state index contributed by atoms with van der Waals surface area (Å²) in [6.45, 7) is 0. The maximum atomic E-state index is 12.2. The third-order valence-electron chi connectivity index (χ3n) is 4.24. The van der Waals surface area contributed by atoms with E-state index >= 15 is 0 Å². The summed E-state index contributed by atoms with van der Waals surface area (Å²) in [5.74, 6) is 0.509. The summed E-state index contributed by atoms with van der Waals surface area (Å²) in [6, 6.07) is 15.7. The predicted octanol–water partition coefficient (Wildman–Crippen LogP) is 4.63. The molecule has 0 saturated heterocycles. The van der Waals surface area contributed by atoms with Crippen LogP contribution in [0.25, 0.3) is 11.3 Å². The second kappa shape index (κ2) is 7.48. The molecule has 0 spiro atoms. The molecule has 0 atom stereocenters. The standard InChI is InChI=1S/C20H16ClN3OS/c21-15-7-9-16(10-8-15)26-12-18(25)23-20-22-11-14-6-5-13-3-1-2-4-17(13)19(14)24-20/h1-4,7-11H,5-6,12H2,(H,22,23,24,25). The number of hydrogen-bond acceptors (Lipinski definition) is 4. The highest BCUT2D eigenvalue weighted by molar-refractivity contribution is 8.00. The van der Waals surface area contributed by atoms with Crippen LogP contribution in [0.2, 0.25) is 5.02 Å². The third-order valence-corrected chi connectivity index (χ3v) is 5.50. The first-order chi connectivity index (χ1) is 12.7. The second-order valence-electron chi connectivity index (χ2n) is 6.02. The van der Waals surface area contributed by atoms with Crippen LogP contribution < -0.4 is 5.32 Å². The molecule has 2 aromatic carbocycles. The molecular weight excluding hydrogens is 366 g/mol. The Labute approximate surface area is 161 Å². The Bertz CT molecular complexity index is 960. The summed E-state index contributed by atoms with van der Waals surface area (Å²) in [4.78, 5) is 22.1. The number of anilines is 1. The minimum absolute atomic E-state index is 0.131. The molecule has 6 heteroatoms. The Morgan fingerprint density at radius 3 is 2.69 bits per heavy atom. The fourth-order valence-corrected chi connectivity index (χ4v) is 3.79. The van der Waals surface area contributed by atoms with Crippen molar-refractivity contribution in [1.82, 2.24) is 9.97 Å². The van der Waals surface area contributed by atoms with Gasteiger partial charge in [0.1, 0.15) is 0 Å². The van der Waals surface area contributed by atoms with E-state index in [2.05, 4.69) is 27.4 Å². The smallest absolute Gasteiger partial charge is 0.237 e. The second-order valence-corrected chi connectivity index (χ2v) is 7.50. The number of aryl methyl sites for hydroxylation is 2. The number of halogens is 1. The van der Waals surface area contributed by atoms with Crippen LogP contribution in [0.15, 0.2) is 59.6 Å². The number of amides is 1. The third kappa shape index (κ3) is 3.74. The van der Waals surface area contributed by atoms with Crippen LogP contribution in [0.4, 0.5) is 5.95 Å². The van der Waals surface area contributed by atoms with Crippen LogP contribution in [0.3, 0.4) is 0 Å². The van der Waals surface area contributed by atoms with Gasteiger partial charge in [-0.3, -0.25) is 10.1 Å². The van der Waals surface area contributed by atoms with Crippen LogP contribution >= 0.6 is 23.4 Å². The molecule has 0 radical (unpaired) electrons. The van der Waals surface area contributed by atoms with Gasteiger partial charge in [0.15, 0.2) is 0 Å². The monoisotopic (exact) mass is 381 g/mol. The zero-order chi connectivity index (χ0) is 17.9. The molecule has 4 rings (SSSR count). The molecule has 0 unspecified atom stereocenters. The average molecular weight is 382 g/mol. The number of carbonyl (C=O) groups is 1. The van der Waals surface area contributed by atoms with Crippen molar-refractivity contribution in [3.63, 3.8) is 0 Å². The maximum Gasteiger partial charge on any atom is 0.237 e. The molecule has 130 valence electrons. The van der Waals surface area contributed by atoms with Crippen molar-refractivity contribution in [3.05, 3.63) is 70.9 Å². The van der Waals surface area contributed by atoms with Gasteiger partial charge in [-0.25, -0.2) is 9.97 Å². The van der Waals surface area contributed by atoms with E-state index in [4.69, 9.17) is 11.6 Å². The highest BCUT2D eigenvalue weighted by Gasteiger charge is 2.18. The zero-order valence-electron chi connectivity index (χ0n) is 13.9. The molecule has 0 bridgehead atoms. The van der Waals surface area contributed by atoms with Crippen molar-refractivity contribution < 1.29 is 4.79 Å². The number of fused-ring (bicyclic) bond motifs is 3. The Hall–Kier alpha value is -2.37. The molecule has 0 aliphatic heterocycles. The maximum absolute atomic E-state index is 12.2. The van der Waals surface area contributed by atoms with Gasteiger partial charge in [0.2, 0.25) is 11.9 Å². The summed E-state index contributed by atoms with van der Waals surface area (Å²) < 4.78 is 0. The van der Waals surface area contributed by atoms with E-state index in [1.807, 2.05) is 42.6 Å². The Morgan fingerprint density at radius 1 is 1.08 bits per heavy atom. The van der Waals surface area contributed by atoms with E-state index < -0.39 is 0 Å². The van der Waals surface area contributed by atoms with Crippen LogP contribution in [0.1, 0.15) is 11.1 Å². The molecule has 1 aliphatic rings. The molecule has 1 N–H and O–H groups in total. The zero-order valence-corrected chi connectivity index (χ0v) is 15.5. The fourth-order valence-electron chi connectivity index (χ4n) is 2.96. The quantitative estimate of drug-likeness (QED) is 0.669. The lowest BCUT2D eigenvalue weighted by molar-refractivity contribution is -0.113. The van der Waals surface area contributed by atoms with E-state index in [9.17, 15) is 4.79 Å². The van der Waals surface area contributed by atoms with Crippen molar-refractivity contribution in [3.8, 4) is 11.3 Å². The van der Waals surface area contributed by atoms with Crippen LogP contribution in [-0.4, -0.2) is 21.6 Å². The summed E-state index contributed by atoms with van der Waals surface area (Å²) in [5, 5.41) is 3.48. The highest BCUT2D eigenvalue weighted by Crippen LogP contribution is 2.31. The van der Waals surface area contributed by atoms with Gasteiger partial charge in [-0.1, -0.05) is 35.9 Å². The van der Waals surface area contributed by atoms with Gasteiger partial charge in [-0.05, 0) is 48.2 Å². The number of hydrogen-bond donors (Lipinski definition) is 1. The number of aromatic nitrogens is 2. The lowest BCUT2D eigenvalue weighted by Gasteiger charge is -2.18. The highest BCUT2D eigenvalue weighted by atomic mass is 35.5. The number of benzene rings is 2. The number of nitrogens with zero attached hydrogens (tertiary/aromatic N) is 2. The summed E-state index contributed by atoms with van der Waals surface area (Å²) in [6.07, 6.45) is 3.74. The van der Waals surface area contributed by atoms with E-state index in [1.54, 1.807) is 0 Å². The van der Waals surface area contributed by atoms with E-state index in [0.29, 0.717) is 16.7 Å². The van der Waals surface area contributed by atoms with Crippen LogP contribution in [-0.2, 0) is 17.6 Å². The summed E-state index contributed by atoms with van der Waals surface area (Å²) in [7, 11) is 0. The molecule has 1 aliphatic carbocycles. The van der Waals surface area contributed by atoms with Crippen molar-refractivity contribution in [1.29, 1.82) is 0 Å². The summed E-state index contributed by atoms with van der Waals surface area (Å²) >= 11 is 7.32. The Kier molecular flexibility index (Phi) is 4.91. The lowest BCUT2D eigenvalue weighted by atomic mass is 9.90. The van der Waals surface area contributed by atoms with Crippen LogP contribution in [0, 0.1) is 0 Å². The largest absolute Gasteiger partial charge is 0.294 e. The van der Waals surface area contributed by atoms with Crippen LogP contribution in [0.5, 0.6) is 0 Å². The number of thioether (sulfide) groups is 1. The van der Waals surface area contributed by atoms with Gasteiger partial charge in [0, 0.05) is 21.7 Å². The molecule has 4 nitrogen and oxygen atoms in total. The minimum atomic E-state index is -0.131. The van der Waals surface area contributed by atoms with Crippen molar-refractivity contribution in [2.24, 2.45) is 0 Å². The van der Waals surface area contributed by atoms with Gasteiger partial charge in [0.25, 0.3) is 0 Å². The Morgan fingerprint density at radius 2 is 1.85 bits per heavy atom. The average Bonchev–Trinajstić information content (AvgIpc) is 2.67. The van der Waals surface area contributed by atoms with Gasteiger partial charge in [-0.2, -0.15) is 0 Å². The van der Waals surface area contributed by atoms with Gasteiger partial charge in [0.05, 0.1) is 11.4 Å². The van der Waals surface area contributed by atoms with Crippen molar-refractivity contribution in [2.75, 3.05) is 11.1 Å². The molecule has 26 heavy (non-hydrogen) atoms. The first kappa shape index (κ1) is 17.1. The minimum Gasteiger partial charge on any atom is -0.294 e. The van der Waals surface area contributed by atoms with E-state index in [-0.39, 0.29) is 5.91 Å². The molecular formula is C20H16ClN3OS. The predicted molar refractivity (Wildman–Crippen MR) is 106 cm³/mol. The molecule has 0 saturated carbocycles. The fraction of sp³-hybridized carbons (Fsp3) is 0.150. The number of rotatable bonds is 4. The SMILES string of the molecule is O=C(CSc1ccc(Cl)cc1)Nc1ncc2c(n1)-c1ccccc1CC2. The number of nitrogens with one attached hydrogen (secondary N) is 1. The molecule has 1 aromatic heterocycles. The first-order valence-electron chi connectivity index (χ1n) is 8.31. The van der Waals surface area contributed by atoms with Gasteiger partial charge in [-0.15, -0.1) is 11.8 Å².